The van der Waals surface area contributed by atoms with Crippen LogP contribution in [-0.2, 0) is 6.54 Å². The first-order chi connectivity index (χ1) is 8.06. The highest BCUT2D eigenvalue weighted by molar-refractivity contribution is 5.18. The molecule has 2 rings (SSSR count). The summed E-state index contributed by atoms with van der Waals surface area (Å²) < 4.78 is 1.71. The molecule has 0 unspecified atom stereocenters. The average Bonchev–Trinajstić information content (AvgIpc) is 2.75. The smallest absolute Gasteiger partial charge is 0.158 e. The third kappa shape index (κ3) is 3.07. The molecule has 2 aromatic heterocycles. The molecule has 6 nitrogen and oxygen atoms in total. The minimum absolute atomic E-state index is 0.0441. The van der Waals surface area contributed by atoms with Crippen LogP contribution in [-0.4, -0.2) is 30.3 Å². The Bertz CT molecular complexity index is 470. The summed E-state index contributed by atoms with van der Waals surface area (Å²) in [6.45, 7) is 6.97. The molecule has 0 saturated heterocycles. The summed E-state index contributed by atoms with van der Waals surface area (Å²) in [6, 6.07) is 1.80. The molecule has 0 aliphatic heterocycles. The van der Waals surface area contributed by atoms with E-state index < -0.39 is 0 Å². The highest BCUT2D eigenvalue weighted by Crippen LogP contribution is 2.06. The number of hydrogen-bond acceptors (Lipinski definition) is 5. The average molecular weight is 232 g/mol. The summed E-state index contributed by atoms with van der Waals surface area (Å²) in [5, 5.41) is 7.53. The second-order valence-corrected chi connectivity index (χ2v) is 4.76. The molecule has 6 heteroatoms. The lowest BCUT2D eigenvalue weighted by Gasteiger charge is -2.20. The molecule has 0 bridgehead atoms. The fourth-order valence-corrected chi connectivity index (χ4v) is 1.33. The van der Waals surface area contributed by atoms with Crippen LogP contribution in [0, 0.1) is 0 Å². The Morgan fingerprint density at radius 2 is 2.06 bits per heavy atom. The Morgan fingerprint density at radius 1 is 1.24 bits per heavy atom. The van der Waals surface area contributed by atoms with Crippen molar-refractivity contribution in [1.82, 2.24) is 30.0 Å². The van der Waals surface area contributed by atoms with Gasteiger partial charge >= 0.3 is 0 Å². The zero-order valence-corrected chi connectivity index (χ0v) is 10.3. The van der Waals surface area contributed by atoms with Crippen LogP contribution < -0.4 is 5.32 Å². The van der Waals surface area contributed by atoms with Crippen LogP contribution in [0.25, 0.3) is 5.82 Å². The lowest BCUT2D eigenvalue weighted by molar-refractivity contribution is 0.415. The maximum atomic E-state index is 4.22. The van der Waals surface area contributed by atoms with Gasteiger partial charge in [-0.3, -0.25) is 0 Å². The molecule has 0 aliphatic carbocycles. The second-order valence-electron chi connectivity index (χ2n) is 4.76. The molecule has 17 heavy (non-hydrogen) atoms. The van der Waals surface area contributed by atoms with Crippen molar-refractivity contribution in [3.05, 3.63) is 30.7 Å². The largest absolute Gasteiger partial charge is 0.305 e. The lowest BCUT2D eigenvalue weighted by atomic mass is 10.1. The maximum Gasteiger partial charge on any atom is 0.158 e. The summed E-state index contributed by atoms with van der Waals surface area (Å²) in [7, 11) is 0. The molecular weight excluding hydrogens is 216 g/mol. The predicted molar refractivity (Wildman–Crippen MR) is 63.5 cm³/mol. The van der Waals surface area contributed by atoms with E-state index in [-0.39, 0.29) is 5.54 Å². The van der Waals surface area contributed by atoms with Gasteiger partial charge in [-0.2, -0.15) is 9.78 Å². The first kappa shape index (κ1) is 11.7. The summed E-state index contributed by atoms with van der Waals surface area (Å²) in [5.74, 6) is 1.56. The van der Waals surface area contributed by atoms with Crippen LogP contribution in [0.4, 0.5) is 0 Å². The molecule has 1 N–H and O–H groups in total. The van der Waals surface area contributed by atoms with Crippen molar-refractivity contribution in [1.29, 1.82) is 0 Å². The van der Waals surface area contributed by atoms with Crippen LogP contribution in [0.2, 0.25) is 0 Å². The van der Waals surface area contributed by atoms with Crippen molar-refractivity contribution in [3.63, 3.8) is 0 Å². The fourth-order valence-electron chi connectivity index (χ4n) is 1.33. The highest BCUT2D eigenvalue weighted by Gasteiger charge is 2.12. The molecule has 2 heterocycles. The van der Waals surface area contributed by atoms with Gasteiger partial charge in [-0.1, -0.05) is 0 Å². The Balaban J connectivity index is 2.18. The van der Waals surface area contributed by atoms with Crippen molar-refractivity contribution >= 4 is 0 Å². The van der Waals surface area contributed by atoms with Crippen molar-refractivity contribution in [2.75, 3.05) is 0 Å². The van der Waals surface area contributed by atoms with Crippen LogP contribution in [0.1, 0.15) is 26.6 Å². The molecule has 0 amide bonds. The lowest BCUT2D eigenvalue weighted by Crippen LogP contribution is -2.36. The summed E-state index contributed by atoms with van der Waals surface area (Å²) in [5.41, 5.74) is 0.0441. The maximum absolute atomic E-state index is 4.22. The van der Waals surface area contributed by atoms with E-state index in [0.717, 1.165) is 11.6 Å². The van der Waals surface area contributed by atoms with Gasteiger partial charge in [0.25, 0.3) is 0 Å². The van der Waals surface area contributed by atoms with Crippen LogP contribution in [0.15, 0.2) is 24.9 Å². The number of nitrogens with one attached hydrogen (secondary N) is 1. The zero-order valence-electron chi connectivity index (χ0n) is 10.3. The Kier molecular flexibility index (Phi) is 3.14. The highest BCUT2D eigenvalue weighted by atomic mass is 15.4. The molecule has 0 aromatic carbocycles. The monoisotopic (exact) mass is 232 g/mol. The topological polar surface area (TPSA) is 68.5 Å². The molecule has 0 fully saturated rings. The van der Waals surface area contributed by atoms with E-state index in [0.29, 0.717) is 6.54 Å². The van der Waals surface area contributed by atoms with Gasteiger partial charge in [-0.25, -0.2) is 15.0 Å². The molecular formula is C11H16N6. The van der Waals surface area contributed by atoms with Crippen LogP contribution >= 0.6 is 0 Å². The molecule has 0 spiro atoms. The molecule has 2 aromatic rings. The van der Waals surface area contributed by atoms with E-state index in [1.165, 1.54) is 12.7 Å². The summed E-state index contributed by atoms with van der Waals surface area (Å²) >= 11 is 0. The molecule has 0 radical (unpaired) electrons. The van der Waals surface area contributed by atoms with E-state index in [4.69, 9.17) is 0 Å². The van der Waals surface area contributed by atoms with E-state index in [9.17, 15) is 0 Å². The van der Waals surface area contributed by atoms with Gasteiger partial charge in [0, 0.05) is 17.8 Å². The molecule has 90 valence electrons. The van der Waals surface area contributed by atoms with Crippen molar-refractivity contribution in [3.8, 4) is 5.82 Å². The van der Waals surface area contributed by atoms with Gasteiger partial charge in [0.2, 0.25) is 0 Å². The SMILES string of the molecule is CC(C)(C)NCc1ncnn1-c1ccncn1. The summed E-state index contributed by atoms with van der Waals surface area (Å²) in [4.78, 5) is 12.3. The van der Waals surface area contributed by atoms with Gasteiger partial charge in [-0.05, 0) is 20.8 Å². The zero-order chi connectivity index (χ0) is 12.3. The predicted octanol–water partition coefficient (Wildman–Crippen LogP) is 0.945. The minimum Gasteiger partial charge on any atom is -0.305 e. The van der Waals surface area contributed by atoms with E-state index in [1.54, 1.807) is 16.9 Å². The normalized spacial score (nSPS) is 11.7. The second kappa shape index (κ2) is 4.58. The van der Waals surface area contributed by atoms with Crippen molar-refractivity contribution in [2.45, 2.75) is 32.9 Å². The Hall–Kier alpha value is -1.82. The van der Waals surface area contributed by atoms with E-state index in [1.807, 2.05) is 0 Å². The van der Waals surface area contributed by atoms with E-state index >= 15 is 0 Å². The van der Waals surface area contributed by atoms with Gasteiger partial charge in [0.15, 0.2) is 5.82 Å². The van der Waals surface area contributed by atoms with Crippen LogP contribution in [0.3, 0.4) is 0 Å². The first-order valence-corrected chi connectivity index (χ1v) is 5.46. The number of hydrogen-bond donors (Lipinski definition) is 1. The van der Waals surface area contributed by atoms with Crippen LogP contribution in [0.5, 0.6) is 0 Å². The van der Waals surface area contributed by atoms with Gasteiger partial charge in [-0.15, -0.1) is 0 Å². The van der Waals surface area contributed by atoms with Crippen molar-refractivity contribution in [2.24, 2.45) is 0 Å². The summed E-state index contributed by atoms with van der Waals surface area (Å²) in [6.07, 6.45) is 4.71. The quantitative estimate of drug-likeness (QED) is 0.853. The Labute approximate surface area is 100 Å². The van der Waals surface area contributed by atoms with Gasteiger partial charge in [0.05, 0.1) is 6.54 Å². The third-order valence-electron chi connectivity index (χ3n) is 2.18. The van der Waals surface area contributed by atoms with Gasteiger partial charge < -0.3 is 5.32 Å². The fraction of sp³-hybridized carbons (Fsp3) is 0.455. The standard InChI is InChI=1S/C11H16N6/c1-11(2,3)15-6-10-14-8-16-17(10)9-4-5-12-7-13-9/h4-5,7-8,15H,6H2,1-3H3. The molecule has 0 aliphatic rings. The molecule has 0 atom stereocenters. The van der Waals surface area contributed by atoms with Gasteiger partial charge in [0.1, 0.15) is 18.5 Å². The first-order valence-electron chi connectivity index (χ1n) is 5.46. The number of rotatable bonds is 3. The Morgan fingerprint density at radius 3 is 2.71 bits per heavy atom. The van der Waals surface area contributed by atoms with Crippen molar-refractivity contribution < 1.29 is 0 Å². The van der Waals surface area contributed by atoms with E-state index in [2.05, 4.69) is 46.1 Å². The number of aromatic nitrogens is 5. The molecule has 0 saturated carbocycles. The number of nitrogens with zero attached hydrogens (tertiary/aromatic N) is 5. The third-order valence-corrected chi connectivity index (χ3v) is 2.18. The minimum atomic E-state index is 0.0441.